The van der Waals surface area contributed by atoms with Gasteiger partial charge in [-0.05, 0) is 12.1 Å². The van der Waals surface area contributed by atoms with Gasteiger partial charge in [0.05, 0.1) is 13.1 Å². The molecule has 2 bridgehead atoms. The van der Waals surface area contributed by atoms with E-state index in [-0.39, 0.29) is 5.60 Å². The van der Waals surface area contributed by atoms with Gasteiger partial charge in [0.2, 0.25) is 11.8 Å². The molecule has 0 amide bonds. The Kier molecular flexibility index (Phi) is 1.96. The van der Waals surface area contributed by atoms with Crippen molar-refractivity contribution in [1.82, 2.24) is 4.98 Å². The minimum atomic E-state index is -0.438. The smallest absolute Gasteiger partial charge is 0.373 e. The molecule has 3 saturated heterocycles. The molecule has 5 heteroatoms. The first kappa shape index (κ1) is 10.8. The van der Waals surface area contributed by atoms with Gasteiger partial charge in [-0.2, -0.15) is 9.37 Å². The Morgan fingerprint density at radius 2 is 2.17 bits per heavy atom. The van der Waals surface area contributed by atoms with Crippen molar-refractivity contribution in [2.24, 2.45) is 5.92 Å². The SMILES string of the molecule is B[N+]12CCC(CC1)C1(Cc3ccc(F)nc3O1)C2. The van der Waals surface area contributed by atoms with Crippen LogP contribution in [0.3, 0.4) is 0 Å². The molecule has 5 rings (SSSR count). The standard InChI is InChI=1S/C13H17BFN2O/c14-17-5-3-10(4-6-17)13(8-17)7-9-1-2-11(15)16-12(9)18-13/h1-2,10H,3-8,14H2/q+1. The number of nitrogens with zero attached hydrogens (tertiary/aromatic N) is 2. The molecule has 3 nitrogen and oxygen atoms in total. The molecule has 0 saturated carbocycles. The Morgan fingerprint density at radius 3 is 2.89 bits per heavy atom. The Labute approximate surface area is 107 Å². The summed E-state index contributed by atoms with van der Waals surface area (Å²) >= 11 is 0. The zero-order valence-corrected chi connectivity index (χ0v) is 10.7. The summed E-state index contributed by atoms with van der Waals surface area (Å²) in [6.07, 6.45) is 3.37. The molecule has 5 heterocycles. The lowest BCUT2D eigenvalue weighted by molar-refractivity contribution is -0.845. The lowest BCUT2D eigenvalue weighted by atomic mass is 9.70. The van der Waals surface area contributed by atoms with Crippen LogP contribution in [-0.2, 0) is 6.42 Å². The molecule has 4 aliphatic rings. The van der Waals surface area contributed by atoms with E-state index in [9.17, 15) is 4.39 Å². The van der Waals surface area contributed by atoms with Crippen molar-refractivity contribution in [2.45, 2.75) is 24.9 Å². The summed E-state index contributed by atoms with van der Waals surface area (Å²) in [4.78, 5) is 3.91. The minimum Gasteiger partial charge on any atom is -0.464 e. The minimum absolute atomic E-state index is 0.103. The third kappa shape index (κ3) is 1.37. The molecule has 1 atom stereocenters. The summed E-state index contributed by atoms with van der Waals surface area (Å²) in [6, 6.07) is 3.28. The largest absolute Gasteiger partial charge is 0.464 e. The van der Waals surface area contributed by atoms with Crippen molar-refractivity contribution in [3.8, 4) is 5.88 Å². The second-order valence-electron chi connectivity index (χ2n) is 6.44. The third-order valence-corrected chi connectivity index (χ3v) is 5.12. The van der Waals surface area contributed by atoms with Gasteiger partial charge in [-0.15, -0.1) is 0 Å². The van der Waals surface area contributed by atoms with Gasteiger partial charge >= 0.3 is 7.98 Å². The third-order valence-electron chi connectivity index (χ3n) is 5.12. The van der Waals surface area contributed by atoms with Crippen LogP contribution in [0.15, 0.2) is 12.1 Å². The van der Waals surface area contributed by atoms with E-state index in [1.807, 2.05) is 6.07 Å². The van der Waals surface area contributed by atoms with Crippen LogP contribution in [0.25, 0.3) is 0 Å². The Bertz CT molecular complexity index is 516. The maximum Gasteiger partial charge on any atom is 0.373 e. The van der Waals surface area contributed by atoms with Crippen LogP contribution in [0.1, 0.15) is 18.4 Å². The molecule has 1 spiro atoms. The Morgan fingerprint density at radius 1 is 1.39 bits per heavy atom. The molecule has 18 heavy (non-hydrogen) atoms. The lowest BCUT2D eigenvalue weighted by Crippen LogP contribution is -2.69. The summed E-state index contributed by atoms with van der Waals surface area (Å²) < 4.78 is 20.4. The normalized spacial score (nSPS) is 40.8. The molecular weight excluding hydrogens is 230 g/mol. The van der Waals surface area contributed by atoms with Crippen LogP contribution in [-0.4, -0.2) is 42.6 Å². The molecular formula is C13H17BFN2O+. The molecule has 0 aromatic carbocycles. The summed E-state index contributed by atoms with van der Waals surface area (Å²) in [5, 5.41) is 0. The highest BCUT2D eigenvalue weighted by Crippen LogP contribution is 2.47. The highest BCUT2D eigenvalue weighted by molar-refractivity contribution is 5.97. The molecule has 0 radical (unpaired) electrons. The van der Waals surface area contributed by atoms with Crippen molar-refractivity contribution >= 4 is 7.98 Å². The molecule has 1 unspecified atom stereocenters. The van der Waals surface area contributed by atoms with Gasteiger partial charge in [0.1, 0.15) is 6.54 Å². The summed E-state index contributed by atoms with van der Waals surface area (Å²) in [7, 11) is 2.32. The number of halogens is 1. The van der Waals surface area contributed by atoms with Crippen LogP contribution in [0.4, 0.5) is 4.39 Å². The van der Waals surface area contributed by atoms with Crippen LogP contribution in [0.5, 0.6) is 5.88 Å². The van der Waals surface area contributed by atoms with Crippen LogP contribution >= 0.6 is 0 Å². The van der Waals surface area contributed by atoms with Gasteiger partial charge in [-0.1, -0.05) is 0 Å². The first-order valence-corrected chi connectivity index (χ1v) is 6.77. The number of hydrogen-bond acceptors (Lipinski definition) is 2. The van der Waals surface area contributed by atoms with Crippen LogP contribution < -0.4 is 4.74 Å². The van der Waals surface area contributed by atoms with Crippen molar-refractivity contribution in [3.05, 3.63) is 23.6 Å². The van der Waals surface area contributed by atoms with Crippen LogP contribution in [0, 0.1) is 11.9 Å². The Hall–Kier alpha value is -1.10. The van der Waals surface area contributed by atoms with E-state index in [1.54, 1.807) is 0 Å². The van der Waals surface area contributed by atoms with E-state index in [0.29, 0.717) is 11.8 Å². The van der Waals surface area contributed by atoms with E-state index in [2.05, 4.69) is 13.0 Å². The molecule has 0 N–H and O–H groups in total. The van der Waals surface area contributed by atoms with E-state index in [0.717, 1.165) is 22.9 Å². The molecule has 1 aromatic rings. The number of hydrogen-bond donors (Lipinski definition) is 0. The predicted molar refractivity (Wildman–Crippen MR) is 67.4 cm³/mol. The second-order valence-corrected chi connectivity index (χ2v) is 6.44. The number of pyridine rings is 1. The average molecular weight is 247 g/mol. The second kappa shape index (κ2) is 3.26. The topological polar surface area (TPSA) is 22.1 Å². The molecule has 1 aromatic heterocycles. The average Bonchev–Trinajstić information content (AvgIpc) is 2.66. The van der Waals surface area contributed by atoms with Crippen molar-refractivity contribution in [3.63, 3.8) is 0 Å². The summed E-state index contributed by atoms with van der Waals surface area (Å²) in [6.45, 7) is 3.57. The van der Waals surface area contributed by atoms with Gasteiger partial charge in [-0.3, -0.25) is 0 Å². The monoisotopic (exact) mass is 247 g/mol. The number of piperidine rings is 3. The molecule has 94 valence electrons. The van der Waals surface area contributed by atoms with Gasteiger partial charge < -0.3 is 9.13 Å². The number of aromatic nitrogens is 1. The van der Waals surface area contributed by atoms with Crippen molar-refractivity contribution < 1.29 is 13.5 Å². The van der Waals surface area contributed by atoms with E-state index < -0.39 is 5.95 Å². The van der Waals surface area contributed by atoms with E-state index in [1.165, 1.54) is 32.0 Å². The van der Waals surface area contributed by atoms with E-state index in [4.69, 9.17) is 4.74 Å². The van der Waals surface area contributed by atoms with Gasteiger partial charge in [0.25, 0.3) is 0 Å². The molecule has 0 aliphatic carbocycles. The highest BCUT2D eigenvalue weighted by Gasteiger charge is 2.57. The van der Waals surface area contributed by atoms with Gasteiger partial charge in [0, 0.05) is 30.7 Å². The fourth-order valence-corrected chi connectivity index (χ4v) is 4.19. The van der Waals surface area contributed by atoms with Crippen molar-refractivity contribution in [2.75, 3.05) is 19.6 Å². The maximum atomic E-state index is 13.2. The van der Waals surface area contributed by atoms with Crippen LogP contribution in [0.2, 0.25) is 0 Å². The predicted octanol–water partition coefficient (Wildman–Crippen LogP) is 0.683. The van der Waals surface area contributed by atoms with E-state index >= 15 is 0 Å². The number of rotatable bonds is 0. The number of fused-ring (bicyclic) bond motifs is 3. The first-order valence-electron chi connectivity index (χ1n) is 6.77. The van der Waals surface area contributed by atoms with Gasteiger partial charge in [0.15, 0.2) is 5.60 Å². The number of quaternary nitrogens is 1. The zero-order valence-electron chi connectivity index (χ0n) is 10.7. The first-order chi connectivity index (χ1) is 8.59. The van der Waals surface area contributed by atoms with Crippen molar-refractivity contribution in [1.29, 1.82) is 0 Å². The summed E-state index contributed by atoms with van der Waals surface area (Å²) in [5.41, 5.74) is 0.978. The van der Waals surface area contributed by atoms with Gasteiger partial charge in [-0.25, -0.2) is 0 Å². The maximum absolute atomic E-state index is 13.2. The Balaban J connectivity index is 1.72. The molecule has 4 aliphatic heterocycles. The fourth-order valence-electron chi connectivity index (χ4n) is 4.19. The zero-order chi connectivity index (χ0) is 12.4. The highest BCUT2D eigenvalue weighted by atomic mass is 19.1. The quantitative estimate of drug-likeness (QED) is 0.497. The fraction of sp³-hybridized carbons (Fsp3) is 0.615. The summed E-state index contributed by atoms with van der Waals surface area (Å²) in [5.74, 6) is 0.720. The lowest BCUT2D eigenvalue weighted by Gasteiger charge is -2.56. The number of ether oxygens (including phenoxy) is 1. The molecule has 3 fully saturated rings.